The van der Waals surface area contributed by atoms with Gasteiger partial charge in [0.05, 0.1) is 10.6 Å². The highest BCUT2D eigenvalue weighted by Crippen LogP contribution is 2.27. The molecule has 2 amide bonds. The van der Waals surface area contributed by atoms with E-state index in [0.29, 0.717) is 0 Å². The van der Waals surface area contributed by atoms with Gasteiger partial charge >= 0.3 is 0 Å². The van der Waals surface area contributed by atoms with Crippen LogP contribution >= 0.6 is 15.9 Å². The first-order valence-electron chi connectivity index (χ1n) is 14.1. The molecule has 44 heavy (non-hydrogen) atoms. The van der Waals surface area contributed by atoms with Gasteiger partial charge in [-0.2, -0.15) is 0 Å². The van der Waals surface area contributed by atoms with Crippen LogP contribution in [-0.4, -0.2) is 43.3 Å². The lowest BCUT2D eigenvalue weighted by atomic mass is 10.0. The van der Waals surface area contributed by atoms with Gasteiger partial charge < -0.3 is 10.2 Å². The Morgan fingerprint density at radius 2 is 1.41 bits per heavy atom. The number of amides is 2. The average molecular weight is 681 g/mol. The van der Waals surface area contributed by atoms with Crippen LogP contribution in [0.15, 0.2) is 119 Å². The van der Waals surface area contributed by atoms with E-state index in [-0.39, 0.29) is 29.1 Å². The van der Waals surface area contributed by atoms with Gasteiger partial charge in [-0.25, -0.2) is 12.8 Å². The van der Waals surface area contributed by atoms with Crippen LogP contribution in [0.1, 0.15) is 31.9 Å². The Morgan fingerprint density at radius 1 is 0.841 bits per heavy atom. The third kappa shape index (κ3) is 8.54. The Hall–Kier alpha value is -4.02. The van der Waals surface area contributed by atoms with E-state index >= 15 is 4.39 Å². The minimum atomic E-state index is -4.21. The highest BCUT2D eigenvalue weighted by atomic mass is 79.9. The molecule has 0 aliphatic carbocycles. The van der Waals surface area contributed by atoms with E-state index < -0.39 is 45.8 Å². The predicted octanol–water partition coefficient (Wildman–Crippen LogP) is 6.34. The van der Waals surface area contributed by atoms with Gasteiger partial charge in [-0.15, -0.1) is 0 Å². The minimum Gasteiger partial charge on any atom is -0.350 e. The number of sulfonamides is 1. The highest BCUT2D eigenvalue weighted by Gasteiger charge is 2.36. The molecule has 4 aromatic rings. The molecule has 0 saturated heterocycles. The van der Waals surface area contributed by atoms with E-state index in [4.69, 9.17) is 0 Å². The van der Waals surface area contributed by atoms with Crippen LogP contribution in [0.3, 0.4) is 0 Å². The third-order valence-corrected chi connectivity index (χ3v) is 9.11. The van der Waals surface area contributed by atoms with Crippen LogP contribution in [0.25, 0.3) is 0 Å². The van der Waals surface area contributed by atoms with Gasteiger partial charge in [-0.3, -0.25) is 13.9 Å². The van der Waals surface area contributed by atoms with E-state index in [0.717, 1.165) is 14.3 Å². The molecule has 4 rings (SSSR count). The van der Waals surface area contributed by atoms with Gasteiger partial charge in [-0.05, 0) is 68.8 Å². The maximum atomic E-state index is 15.0. The summed E-state index contributed by atoms with van der Waals surface area (Å²) in [6, 6.07) is 28.5. The van der Waals surface area contributed by atoms with Crippen LogP contribution in [0.5, 0.6) is 0 Å². The van der Waals surface area contributed by atoms with Crippen molar-refractivity contribution >= 4 is 43.5 Å². The summed E-state index contributed by atoms with van der Waals surface area (Å²) in [5, 5.41) is 2.96. The number of nitrogens with zero attached hydrogens (tertiary/aromatic N) is 2. The molecule has 0 saturated carbocycles. The normalized spacial score (nSPS) is 12.3. The summed E-state index contributed by atoms with van der Waals surface area (Å²) in [4.78, 5) is 29.5. The fraction of sp³-hybridized carbons (Fsp3) is 0.235. The van der Waals surface area contributed by atoms with Crippen LogP contribution in [-0.2, 0) is 32.6 Å². The Morgan fingerprint density at radius 3 is 2.00 bits per heavy atom. The molecule has 7 nitrogen and oxygen atoms in total. The minimum absolute atomic E-state index is 0.00248. The standard InChI is InChI=1S/C34H35BrFN3O4S/c1-34(2,3)37-33(41)31(22-25-12-6-4-7-13-25)38(23-26-14-10-11-17-30(26)36)32(40)24-39(28-20-18-27(35)19-21-28)44(42,43)29-15-8-5-9-16-29/h4-21,31H,22-24H2,1-3H3,(H,37,41)/t31-/m1/s1. The average Bonchev–Trinajstić information content (AvgIpc) is 2.99. The molecule has 0 fully saturated rings. The van der Waals surface area contributed by atoms with Crippen LogP contribution in [0.4, 0.5) is 10.1 Å². The molecule has 0 bridgehead atoms. The molecule has 1 N–H and O–H groups in total. The fourth-order valence-electron chi connectivity index (χ4n) is 4.67. The summed E-state index contributed by atoms with van der Waals surface area (Å²) < 4.78 is 44.7. The largest absolute Gasteiger partial charge is 0.350 e. The number of rotatable bonds is 11. The first kappa shape index (κ1) is 32.9. The van der Waals surface area contributed by atoms with E-state index in [1.54, 1.807) is 60.7 Å². The van der Waals surface area contributed by atoms with Crippen molar-refractivity contribution in [2.24, 2.45) is 0 Å². The molecule has 230 valence electrons. The zero-order valence-electron chi connectivity index (χ0n) is 24.8. The Kier molecular flexibility index (Phi) is 10.6. The summed E-state index contributed by atoms with van der Waals surface area (Å²) in [6.45, 7) is 4.61. The van der Waals surface area contributed by atoms with Crippen molar-refractivity contribution in [3.05, 3.63) is 131 Å². The number of carbonyl (C=O) groups is 2. The lowest BCUT2D eigenvalue weighted by Crippen LogP contribution is -2.56. The van der Waals surface area contributed by atoms with Gasteiger partial charge in [0.25, 0.3) is 10.0 Å². The number of carbonyl (C=O) groups excluding carboxylic acids is 2. The molecule has 0 aromatic heterocycles. The third-order valence-electron chi connectivity index (χ3n) is 6.79. The lowest BCUT2D eigenvalue weighted by Gasteiger charge is -2.35. The molecular weight excluding hydrogens is 645 g/mol. The summed E-state index contributed by atoms with van der Waals surface area (Å²) in [5.41, 5.74) is 0.618. The number of anilines is 1. The molecule has 0 radical (unpaired) electrons. The van der Waals surface area contributed by atoms with Crippen molar-refractivity contribution in [1.82, 2.24) is 10.2 Å². The topological polar surface area (TPSA) is 86.8 Å². The van der Waals surface area contributed by atoms with E-state index in [1.807, 2.05) is 51.1 Å². The van der Waals surface area contributed by atoms with Crippen LogP contribution < -0.4 is 9.62 Å². The SMILES string of the molecule is CC(C)(C)NC(=O)[C@@H](Cc1ccccc1)N(Cc1ccccc1F)C(=O)CN(c1ccc(Br)cc1)S(=O)(=O)c1ccccc1. The summed E-state index contributed by atoms with van der Waals surface area (Å²) in [6.07, 6.45) is 0.132. The van der Waals surface area contributed by atoms with E-state index in [2.05, 4.69) is 21.2 Å². The molecule has 0 heterocycles. The predicted molar refractivity (Wildman–Crippen MR) is 174 cm³/mol. The molecule has 10 heteroatoms. The number of hydrogen-bond acceptors (Lipinski definition) is 4. The molecule has 1 atom stereocenters. The van der Waals surface area contributed by atoms with Gasteiger partial charge in [0.2, 0.25) is 11.8 Å². The zero-order valence-corrected chi connectivity index (χ0v) is 27.2. The smallest absolute Gasteiger partial charge is 0.264 e. The van der Waals surface area contributed by atoms with Gasteiger partial charge in [0.1, 0.15) is 18.4 Å². The van der Waals surface area contributed by atoms with Gasteiger partial charge in [0.15, 0.2) is 0 Å². The molecule has 0 spiro atoms. The van der Waals surface area contributed by atoms with Gasteiger partial charge in [-0.1, -0.05) is 82.7 Å². The second-order valence-electron chi connectivity index (χ2n) is 11.4. The number of hydrogen-bond donors (Lipinski definition) is 1. The zero-order chi connectivity index (χ0) is 31.9. The Bertz CT molecular complexity index is 1680. The monoisotopic (exact) mass is 679 g/mol. The molecule has 0 aliphatic rings. The maximum Gasteiger partial charge on any atom is 0.264 e. The van der Waals surface area contributed by atoms with Crippen molar-refractivity contribution in [3.8, 4) is 0 Å². The fourth-order valence-corrected chi connectivity index (χ4v) is 6.37. The van der Waals surface area contributed by atoms with E-state index in [9.17, 15) is 18.0 Å². The number of halogens is 2. The maximum absolute atomic E-state index is 15.0. The van der Waals surface area contributed by atoms with Crippen molar-refractivity contribution in [1.29, 1.82) is 0 Å². The molecule has 0 unspecified atom stereocenters. The quantitative estimate of drug-likeness (QED) is 0.201. The van der Waals surface area contributed by atoms with Gasteiger partial charge in [0, 0.05) is 28.5 Å². The highest BCUT2D eigenvalue weighted by molar-refractivity contribution is 9.10. The molecule has 4 aromatic carbocycles. The summed E-state index contributed by atoms with van der Waals surface area (Å²) >= 11 is 3.38. The van der Waals surface area contributed by atoms with E-state index in [1.165, 1.54) is 23.1 Å². The summed E-state index contributed by atoms with van der Waals surface area (Å²) in [7, 11) is -4.21. The molecule has 0 aliphatic heterocycles. The molecular formula is C34H35BrFN3O4S. The summed E-state index contributed by atoms with van der Waals surface area (Å²) in [5.74, 6) is -1.64. The Labute approximate surface area is 266 Å². The lowest BCUT2D eigenvalue weighted by molar-refractivity contribution is -0.140. The van der Waals surface area contributed by atoms with Crippen molar-refractivity contribution < 1.29 is 22.4 Å². The van der Waals surface area contributed by atoms with Crippen molar-refractivity contribution in [3.63, 3.8) is 0 Å². The van der Waals surface area contributed by atoms with Crippen LogP contribution in [0, 0.1) is 5.82 Å². The van der Waals surface area contributed by atoms with Crippen molar-refractivity contribution in [2.75, 3.05) is 10.8 Å². The number of nitrogens with one attached hydrogen (secondary N) is 1. The van der Waals surface area contributed by atoms with Crippen molar-refractivity contribution in [2.45, 2.75) is 50.2 Å². The first-order chi connectivity index (χ1) is 20.8. The number of benzene rings is 4. The Balaban J connectivity index is 1.82. The van der Waals surface area contributed by atoms with Crippen LogP contribution in [0.2, 0.25) is 0 Å². The second kappa shape index (κ2) is 14.2. The first-order valence-corrected chi connectivity index (χ1v) is 16.3. The second-order valence-corrected chi connectivity index (χ2v) is 14.1.